The zero-order chi connectivity index (χ0) is 21.1. The molecular weight excluding hydrogens is 400 g/mol. The van der Waals surface area contributed by atoms with E-state index >= 15 is 0 Å². The van der Waals surface area contributed by atoms with Crippen LogP contribution in [-0.4, -0.2) is 65.8 Å². The zero-order valence-electron chi connectivity index (χ0n) is 17.2. The molecular formula is C23H26N2O4S. The van der Waals surface area contributed by atoms with Crippen LogP contribution >= 0.6 is 11.8 Å². The lowest BCUT2D eigenvalue weighted by Gasteiger charge is -2.37. The SMILES string of the molecule is Cc1ccc(SC(C)C(=O)N2CCN(C(=O)C3COc4ccccc4O3)CC2)cc1. The zero-order valence-corrected chi connectivity index (χ0v) is 18.1. The van der Waals surface area contributed by atoms with Gasteiger partial charge in [0, 0.05) is 31.1 Å². The number of benzene rings is 2. The fourth-order valence-electron chi connectivity index (χ4n) is 3.62. The van der Waals surface area contributed by atoms with Gasteiger partial charge in [-0.2, -0.15) is 0 Å². The van der Waals surface area contributed by atoms with Gasteiger partial charge in [0.25, 0.3) is 5.91 Å². The van der Waals surface area contributed by atoms with Crippen LogP contribution in [0.15, 0.2) is 53.4 Å². The normalized spacial score (nSPS) is 19.3. The smallest absolute Gasteiger partial charge is 0.267 e. The maximum absolute atomic E-state index is 12.9. The van der Waals surface area contributed by atoms with Gasteiger partial charge >= 0.3 is 0 Å². The Kier molecular flexibility index (Phi) is 6.18. The second kappa shape index (κ2) is 9.00. The summed E-state index contributed by atoms with van der Waals surface area (Å²) in [5.74, 6) is 1.28. The molecule has 7 heteroatoms. The van der Waals surface area contributed by atoms with Gasteiger partial charge in [-0.05, 0) is 38.1 Å². The average molecular weight is 427 g/mol. The molecule has 2 aromatic rings. The Morgan fingerprint density at radius 1 is 0.967 bits per heavy atom. The molecule has 1 fully saturated rings. The Morgan fingerprint density at radius 2 is 1.60 bits per heavy atom. The monoisotopic (exact) mass is 426 g/mol. The van der Waals surface area contributed by atoms with Crippen molar-refractivity contribution in [2.45, 2.75) is 30.1 Å². The highest BCUT2D eigenvalue weighted by Gasteiger charge is 2.34. The molecule has 2 aromatic carbocycles. The highest BCUT2D eigenvalue weighted by Crippen LogP contribution is 2.31. The predicted octanol–water partition coefficient (Wildman–Crippen LogP) is 2.99. The van der Waals surface area contributed by atoms with Gasteiger partial charge in [-0.3, -0.25) is 9.59 Å². The van der Waals surface area contributed by atoms with Gasteiger partial charge in [0.1, 0.15) is 6.61 Å². The lowest BCUT2D eigenvalue weighted by atomic mass is 10.2. The molecule has 1 saturated heterocycles. The summed E-state index contributed by atoms with van der Waals surface area (Å²) in [6, 6.07) is 15.6. The van der Waals surface area contributed by atoms with Crippen molar-refractivity contribution in [3.05, 3.63) is 54.1 Å². The van der Waals surface area contributed by atoms with E-state index in [-0.39, 0.29) is 23.7 Å². The van der Waals surface area contributed by atoms with Gasteiger partial charge in [-0.15, -0.1) is 11.8 Å². The Labute approximate surface area is 181 Å². The Morgan fingerprint density at radius 3 is 2.30 bits per heavy atom. The standard InChI is InChI=1S/C23H26N2O4S/c1-16-7-9-18(10-8-16)30-17(2)22(26)24-11-13-25(14-12-24)23(27)21-15-28-19-5-3-4-6-20(19)29-21/h3-10,17,21H,11-15H2,1-2H3. The number of para-hydroxylation sites is 2. The average Bonchev–Trinajstić information content (AvgIpc) is 2.79. The predicted molar refractivity (Wildman–Crippen MR) is 116 cm³/mol. The van der Waals surface area contributed by atoms with Gasteiger partial charge in [0.05, 0.1) is 5.25 Å². The van der Waals surface area contributed by atoms with Gasteiger partial charge in [0.2, 0.25) is 12.0 Å². The second-order valence-corrected chi connectivity index (χ2v) is 9.00. The van der Waals surface area contributed by atoms with Crippen molar-refractivity contribution in [2.24, 2.45) is 0 Å². The number of amides is 2. The summed E-state index contributed by atoms with van der Waals surface area (Å²) >= 11 is 1.57. The van der Waals surface area contributed by atoms with Crippen LogP contribution in [0.5, 0.6) is 11.5 Å². The van der Waals surface area contributed by atoms with Crippen molar-refractivity contribution in [1.29, 1.82) is 0 Å². The third-order valence-electron chi connectivity index (χ3n) is 5.37. The number of piperazine rings is 1. The third-order valence-corrected chi connectivity index (χ3v) is 6.47. The fourth-order valence-corrected chi connectivity index (χ4v) is 4.57. The molecule has 0 N–H and O–H groups in total. The molecule has 2 atom stereocenters. The number of nitrogens with zero attached hydrogens (tertiary/aromatic N) is 2. The van der Waals surface area contributed by atoms with Crippen LogP contribution in [0.1, 0.15) is 12.5 Å². The van der Waals surface area contributed by atoms with E-state index in [0.717, 1.165) is 4.90 Å². The fraction of sp³-hybridized carbons (Fsp3) is 0.391. The molecule has 4 rings (SSSR count). The second-order valence-electron chi connectivity index (χ2n) is 7.59. The van der Waals surface area contributed by atoms with Gasteiger partial charge in [0.15, 0.2) is 11.5 Å². The van der Waals surface area contributed by atoms with Crippen molar-refractivity contribution >= 4 is 23.6 Å². The topological polar surface area (TPSA) is 59.1 Å². The molecule has 2 amide bonds. The quantitative estimate of drug-likeness (QED) is 0.704. The van der Waals surface area contributed by atoms with Crippen molar-refractivity contribution in [3.63, 3.8) is 0 Å². The van der Waals surface area contributed by atoms with E-state index in [1.807, 2.05) is 49.1 Å². The summed E-state index contributed by atoms with van der Waals surface area (Å²) in [5, 5.41) is -0.165. The molecule has 158 valence electrons. The third kappa shape index (κ3) is 4.56. The van der Waals surface area contributed by atoms with Crippen LogP contribution in [0.4, 0.5) is 0 Å². The molecule has 2 aliphatic heterocycles. The van der Waals surface area contributed by atoms with E-state index in [2.05, 4.69) is 12.1 Å². The first-order valence-corrected chi connectivity index (χ1v) is 11.1. The van der Waals surface area contributed by atoms with E-state index in [1.165, 1.54) is 5.56 Å². The van der Waals surface area contributed by atoms with Crippen LogP contribution in [-0.2, 0) is 9.59 Å². The molecule has 0 aromatic heterocycles. The number of ether oxygens (including phenoxy) is 2. The molecule has 0 radical (unpaired) electrons. The Hall–Kier alpha value is -2.67. The lowest BCUT2D eigenvalue weighted by Crippen LogP contribution is -2.56. The highest BCUT2D eigenvalue weighted by atomic mass is 32.2. The van der Waals surface area contributed by atoms with Gasteiger partial charge in [-0.25, -0.2) is 0 Å². The van der Waals surface area contributed by atoms with Gasteiger partial charge in [-0.1, -0.05) is 29.8 Å². The minimum Gasteiger partial charge on any atom is -0.485 e. The molecule has 2 unspecified atom stereocenters. The van der Waals surface area contributed by atoms with Crippen molar-refractivity contribution in [2.75, 3.05) is 32.8 Å². The summed E-state index contributed by atoms with van der Waals surface area (Å²) in [6.07, 6.45) is -0.641. The maximum Gasteiger partial charge on any atom is 0.267 e. The van der Waals surface area contributed by atoms with E-state index in [1.54, 1.807) is 22.7 Å². The summed E-state index contributed by atoms with van der Waals surface area (Å²) in [4.78, 5) is 30.4. The van der Waals surface area contributed by atoms with E-state index < -0.39 is 6.10 Å². The highest BCUT2D eigenvalue weighted by molar-refractivity contribution is 8.00. The minimum atomic E-state index is -0.641. The van der Waals surface area contributed by atoms with Crippen molar-refractivity contribution < 1.29 is 19.1 Å². The molecule has 0 bridgehead atoms. The Bertz CT molecular complexity index is 910. The molecule has 30 heavy (non-hydrogen) atoms. The number of hydrogen-bond donors (Lipinski definition) is 0. The summed E-state index contributed by atoms with van der Waals surface area (Å²) in [7, 11) is 0. The summed E-state index contributed by atoms with van der Waals surface area (Å²) < 4.78 is 11.5. The first kappa shape index (κ1) is 20.6. The minimum absolute atomic E-state index is 0.0846. The first-order chi connectivity index (χ1) is 14.5. The number of carbonyl (C=O) groups excluding carboxylic acids is 2. The van der Waals surface area contributed by atoms with Crippen LogP contribution in [0.2, 0.25) is 0 Å². The van der Waals surface area contributed by atoms with Crippen LogP contribution in [0, 0.1) is 6.92 Å². The summed E-state index contributed by atoms with van der Waals surface area (Å²) in [6.45, 7) is 6.28. The van der Waals surface area contributed by atoms with Crippen LogP contribution in [0.3, 0.4) is 0 Å². The summed E-state index contributed by atoms with van der Waals surface area (Å²) in [5.41, 5.74) is 1.20. The number of hydrogen-bond acceptors (Lipinski definition) is 5. The maximum atomic E-state index is 12.9. The molecule has 0 saturated carbocycles. The van der Waals surface area contributed by atoms with E-state index in [4.69, 9.17) is 9.47 Å². The van der Waals surface area contributed by atoms with Gasteiger partial charge < -0.3 is 19.3 Å². The number of aryl methyl sites for hydroxylation is 1. The number of carbonyl (C=O) groups is 2. The largest absolute Gasteiger partial charge is 0.485 e. The number of rotatable bonds is 4. The number of fused-ring (bicyclic) bond motifs is 1. The molecule has 0 aliphatic carbocycles. The first-order valence-electron chi connectivity index (χ1n) is 10.2. The molecule has 6 nitrogen and oxygen atoms in total. The molecule has 2 heterocycles. The molecule has 2 aliphatic rings. The number of thioether (sulfide) groups is 1. The van der Waals surface area contributed by atoms with Crippen molar-refractivity contribution in [1.82, 2.24) is 9.80 Å². The Balaban J connectivity index is 1.28. The molecule has 0 spiro atoms. The van der Waals surface area contributed by atoms with Crippen LogP contribution in [0.25, 0.3) is 0 Å². The van der Waals surface area contributed by atoms with Crippen molar-refractivity contribution in [3.8, 4) is 11.5 Å². The van der Waals surface area contributed by atoms with Crippen LogP contribution < -0.4 is 9.47 Å². The lowest BCUT2D eigenvalue weighted by molar-refractivity contribution is -0.146. The van der Waals surface area contributed by atoms with E-state index in [9.17, 15) is 9.59 Å². The van der Waals surface area contributed by atoms with E-state index in [0.29, 0.717) is 37.7 Å².